The summed E-state index contributed by atoms with van der Waals surface area (Å²) in [5.74, 6) is 1.08. The molecule has 2 atom stereocenters. The Morgan fingerprint density at radius 2 is 1.79 bits per heavy atom. The molecule has 6 heteroatoms. The van der Waals surface area contributed by atoms with Gasteiger partial charge in [0.15, 0.2) is 0 Å². The van der Waals surface area contributed by atoms with E-state index in [9.17, 15) is 9.59 Å². The lowest BCUT2D eigenvalue weighted by atomic mass is 10.0. The summed E-state index contributed by atoms with van der Waals surface area (Å²) < 4.78 is 5.27. The van der Waals surface area contributed by atoms with Crippen LogP contribution in [0.4, 0.5) is 0 Å². The average molecular weight is 388 g/mol. The molecule has 2 aliphatic rings. The number of carbonyl (C=O) groups excluding carboxylic acids is 2. The Balaban J connectivity index is 1.74. The first kappa shape index (κ1) is 20.6. The quantitative estimate of drug-likeness (QED) is 0.780. The zero-order valence-electron chi connectivity index (χ0n) is 17.4. The van der Waals surface area contributed by atoms with Crippen LogP contribution in [0.25, 0.3) is 0 Å². The highest BCUT2D eigenvalue weighted by Crippen LogP contribution is 2.31. The number of nitrogens with zero attached hydrogens (tertiary/aromatic N) is 3. The highest BCUT2D eigenvalue weighted by atomic mass is 16.5. The van der Waals surface area contributed by atoms with Crippen LogP contribution in [0.1, 0.15) is 50.1 Å². The Kier molecular flexibility index (Phi) is 6.94. The van der Waals surface area contributed by atoms with Crippen LogP contribution in [0, 0.1) is 0 Å². The molecule has 2 fully saturated rings. The smallest absolute Gasteiger partial charge is 0.239 e. The molecule has 1 aromatic carbocycles. The Hall–Kier alpha value is -2.08. The summed E-state index contributed by atoms with van der Waals surface area (Å²) in [6.45, 7) is 1.93. The molecule has 0 bridgehead atoms. The minimum Gasteiger partial charge on any atom is -0.497 e. The van der Waals surface area contributed by atoms with E-state index in [1.165, 1.54) is 5.56 Å². The fraction of sp³-hybridized carbons (Fsp3) is 0.636. The second-order valence-corrected chi connectivity index (χ2v) is 8.09. The summed E-state index contributed by atoms with van der Waals surface area (Å²) in [7, 11) is 5.24. The van der Waals surface area contributed by atoms with Gasteiger partial charge >= 0.3 is 0 Å². The van der Waals surface area contributed by atoms with E-state index in [1.54, 1.807) is 26.1 Å². The molecule has 2 heterocycles. The lowest BCUT2D eigenvalue weighted by Gasteiger charge is -2.33. The normalized spacial score (nSPS) is 23.3. The van der Waals surface area contributed by atoms with Gasteiger partial charge < -0.3 is 14.5 Å². The Bertz CT molecular complexity index is 674. The number of likely N-dealkylation sites (tertiary alicyclic amines) is 2. The lowest BCUT2D eigenvalue weighted by molar-refractivity contribution is -0.138. The Morgan fingerprint density at radius 3 is 2.46 bits per heavy atom. The minimum absolute atomic E-state index is 0.103. The number of likely N-dealkylation sites (N-methyl/N-ethyl adjacent to an activating group) is 1. The van der Waals surface area contributed by atoms with Gasteiger partial charge in [-0.15, -0.1) is 0 Å². The summed E-state index contributed by atoms with van der Waals surface area (Å²) in [6, 6.07) is 8.02. The van der Waals surface area contributed by atoms with Gasteiger partial charge in [-0.1, -0.05) is 25.0 Å². The molecule has 0 N–H and O–H groups in total. The summed E-state index contributed by atoms with van der Waals surface area (Å²) in [6.07, 6.45) is 6.12. The van der Waals surface area contributed by atoms with Crippen molar-refractivity contribution in [3.8, 4) is 5.75 Å². The van der Waals surface area contributed by atoms with Crippen LogP contribution in [-0.2, 0) is 9.59 Å². The number of carbonyl (C=O) groups is 2. The number of ether oxygens (including phenoxy) is 1. The van der Waals surface area contributed by atoms with Crippen molar-refractivity contribution in [3.05, 3.63) is 29.8 Å². The number of hydrogen-bond acceptors (Lipinski definition) is 4. The fourth-order valence-corrected chi connectivity index (χ4v) is 4.44. The molecule has 0 aliphatic carbocycles. The van der Waals surface area contributed by atoms with E-state index < -0.39 is 0 Å². The summed E-state index contributed by atoms with van der Waals surface area (Å²) in [5.41, 5.74) is 1.17. The number of methoxy groups -OCH3 is 1. The molecule has 0 radical (unpaired) electrons. The first-order valence-electron chi connectivity index (χ1n) is 10.4. The number of amides is 2. The number of benzene rings is 1. The molecule has 2 saturated heterocycles. The molecule has 154 valence electrons. The van der Waals surface area contributed by atoms with E-state index in [2.05, 4.69) is 17.0 Å². The van der Waals surface area contributed by atoms with Crippen LogP contribution >= 0.6 is 0 Å². The van der Waals surface area contributed by atoms with Crippen molar-refractivity contribution < 1.29 is 14.3 Å². The van der Waals surface area contributed by atoms with Crippen LogP contribution in [0.15, 0.2) is 24.3 Å². The third-order valence-corrected chi connectivity index (χ3v) is 6.00. The van der Waals surface area contributed by atoms with Crippen molar-refractivity contribution >= 4 is 11.8 Å². The number of rotatable bonds is 5. The van der Waals surface area contributed by atoms with Gasteiger partial charge in [-0.05, 0) is 49.9 Å². The van der Waals surface area contributed by atoms with E-state index in [4.69, 9.17) is 4.74 Å². The second kappa shape index (κ2) is 9.41. The summed E-state index contributed by atoms with van der Waals surface area (Å²) >= 11 is 0. The summed E-state index contributed by atoms with van der Waals surface area (Å²) in [4.78, 5) is 31.5. The molecule has 1 aromatic rings. The highest BCUT2D eigenvalue weighted by Gasteiger charge is 2.35. The lowest BCUT2D eigenvalue weighted by Crippen LogP contribution is -2.48. The van der Waals surface area contributed by atoms with Crippen LogP contribution in [0.2, 0.25) is 0 Å². The van der Waals surface area contributed by atoms with Crippen molar-refractivity contribution in [1.82, 2.24) is 14.7 Å². The number of hydrogen-bond donors (Lipinski definition) is 0. The maximum Gasteiger partial charge on any atom is 0.239 e. The Labute approximate surface area is 168 Å². The monoisotopic (exact) mass is 387 g/mol. The van der Waals surface area contributed by atoms with Gasteiger partial charge in [0.1, 0.15) is 5.75 Å². The topological polar surface area (TPSA) is 53.1 Å². The SMILES string of the molecule is COc1ccc(C2CCCCCN2C(=O)CN2CCCC2C(=O)N(C)C)cc1. The van der Waals surface area contributed by atoms with E-state index in [0.29, 0.717) is 6.54 Å². The maximum atomic E-state index is 13.3. The first-order valence-corrected chi connectivity index (χ1v) is 10.4. The largest absolute Gasteiger partial charge is 0.497 e. The van der Waals surface area contributed by atoms with E-state index >= 15 is 0 Å². The van der Waals surface area contributed by atoms with E-state index in [0.717, 1.165) is 57.4 Å². The Morgan fingerprint density at radius 1 is 1.04 bits per heavy atom. The van der Waals surface area contributed by atoms with Crippen LogP contribution in [0.3, 0.4) is 0 Å². The van der Waals surface area contributed by atoms with E-state index in [-0.39, 0.29) is 23.9 Å². The van der Waals surface area contributed by atoms with Gasteiger partial charge in [-0.25, -0.2) is 0 Å². The molecular formula is C22H33N3O3. The van der Waals surface area contributed by atoms with E-state index in [1.807, 2.05) is 17.0 Å². The molecule has 2 amide bonds. The highest BCUT2D eigenvalue weighted by molar-refractivity contribution is 5.84. The molecular weight excluding hydrogens is 354 g/mol. The van der Waals surface area contributed by atoms with Crippen molar-refractivity contribution in [1.29, 1.82) is 0 Å². The van der Waals surface area contributed by atoms with Crippen LogP contribution in [0.5, 0.6) is 5.75 Å². The molecule has 0 aromatic heterocycles. The van der Waals surface area contributed by atoms with Crippen molar-refractivity contribution in [2.24, 2.45) is 0 Å². The standard InChI is InChI=1S/C22H33N3O3/c1-23(2)22(27)20-9-7-14-24(20)16-21(26)25-15-6-4-5-8-19(25)17-10-12-18(28-3)13-11-17/h10-13,19-20H,4-9,14-16H2,1-3H3. The second-order valence-electron chi connectivity index (χ2n) is 8.09. The first-order chi connectivity index (χ1) is 13.5. The van der Waals surface area contributed by atoms with Gasteiger partial charge in [0.25, 0.3) is 0 Å². The molecule has 0 spiro atoms. The maximum absolute atomic E-state index is 13.3. The summed E-state index contributed by atoms with van der Waals surface area (Å²) in [5, 5.41) is 0. The third-order valence-electron chi connectivity index (χ3n) is 6.00. The van der Waals surface area contributed by atoms with Crippen LogP contribution < -0.4 is 4.74 Å². The van der Waals surface area contributed by atoms with Gasteiger partial charge in [0.05, 0.1) is 25.7 Å². The zero-order valence-corrected chi connectivity index (χ0v) is 17.4. The van der Waals surface area contributed by atoms with Crippen molar-refractivity contribution in [2.45, 2.75) is 50.6 Å². The van der Waals surface area contributed by atoms with Gasteiger partial charge in [0.2, 0.25) is 11.8 Å². The average Bonchev–Trinajstić information content (AvgIpc) is 3.01. The molecule has 2 aliphatic heterocycles. The molecule has 2 unspecified atom stereocenters. The van der Waals surface area contributed by atoms with Gasteiger partial charge in [-0.3, -0.25) is 14.5 Å². The molecule has 6 nitrogen and oxygen atoms in total. The van der Waals surface area contributed by atoms with Gasteiger partial charge in [-0.2, -0.15) is 0 Å². The fourth-order valence-electron chi connectivity index (χ4n) is 4.44. The zero-order chi connectivity index (χ0) is 20.1. The van der Waals surface area contributed by atoms with Crippen molar-refractivity contribution in [3.63, 3.8) is 0 Å². The van der Waals surface area contributed by atoms with Crippen LogP contribution in [-0.4, -0.2) is 73.4 Å². The molecule has 3 rings (SSSR count). The molecule has 0 saturated carbocycles. The molecule has 28 heavy (non-hydrogen) atoms. The van der Waals surface area contributed by atoms with Crippen molar-refractivity contribution in [2.75, 3.05) is 40.8 Å². The minimum atomic E-state index is -0.162. The van der Waals surface area contributed by atoms with Gasteiger partial charge in [0, 0.05) is 20.6 Å². The third kappa shape index (κ3) is 4.66. The predicted molar refractivity (Wildman–Crippen MR) is 109 cm³/mol. The predicted octanol–water partition coefficient (Wildman–Crippen LogP) is 2.69.